The summed E-state index contributed by atoms with van der Waals surface area (Å²) in [6.07, 6.45) is 9.54. The first-order valence-corrected chi connectivity index (χ1v) is 13.1. The zero-order chi connectivity index (χ0) is 22.8. The molecule has 0 aliphatic heterocycles. The van der Waals surface area contributed by atoms with E-state index in [0.29, 0.717) is 24.5 Å². The van der Waals surface area contributed by atoms with E-state index in [1.807, 2.05) is 19.1 Å². The standard InChI is InChI=1S/C30H40O3/c1-4-21(2)26-5-9-29(10-6-26)33-22(3)31-13-14-32-28-11-7-27(8-12-28)30-18-23-15-24(19-30)17-25(16-23)20-30/h5-12,21-25H,4,13-20H2,1-3H3. The molecule has 4 aliphatic rings. The summed E-state index contributed by atoms with van der Waals surface area (Å²) in [5.74, 6) is 5.28. The van der Waals surface area contributed by atoms with Gasteiger partial charge in [-0.2, -0.15) is 0 Å². The van der Waals surface area contributed by atoms with E-state index in [9.17, 15) is 0 Å². The third kappa shape index (κ3) is 5.09. The van der Waals surface area contributed by atoms with Gasteiger partial charge in [-0.05, 0) is 116 Å². The molecule has 2 aromatic carbocycles. The normalized spacial score (nSPS) is 29.6. The summed E-state index contributed by atoms with van der Waals surface area (Å²) in [7, 11) is 0. The minimum Gasteiger partial charge on any atom is -0.491 e. The summed E-state index contributed by atoms with van der Waals surface area (Å²) in [6.45, 7) is 7.42. The molecule has 0 spiro atoms. The molecule has 4 aliphatic carbocycles. The van der Waals surface area contributed by atoms with Crippen molar-refractivity contribution in [1.29, 1.82) is 0 Å². The molecule has 2 unspecified atom stereocenters. The highest BCUT2D eigenvalue weighted by atomic mass is 16.7. The van der Waals surface area contributed by atoms with Crippen molar-refractivity contribution in [3.05, 3.63) is 59.7 Å². The van der Waals surface area contributed by atoms with Crippen LogP contribution < -0.4 is 9.47 Å². The van der Waals surface area contributed by atoms with Gasteiger partial charge in [-0.3, -0.25) is 0 Å². The molecule has 4 saturated carbocycles. The zero-order valence-corrected chi connectivity index (χ0v) is 20.6. The van der Waals surface area contributed by atoms with Gasteiger partial charge in [0.2, 0.25) is 0 Å². The van der Waals surface area contributed by atoms with Crippen molar-refractivity contribution >= 4 is 0 Å². The molecule has 3 nitrogen and oxygen atoms in total. The molecular weight excluding hydrogens is 408 g/mol. The van der Waals surface area contributed by atoms with Crippen LogP contribution in [0, 0.1) is 17.8 Å². The third-order valence-corrected chi connectivity index (χ3v) is 8.57. The monoisotopic (exact) mass is 448 g/mol. The predicted molar refractivity (Wildman–Crippen MR) is 133 cm³/mol. The molecule has 6 rings (SSSR count). The van der Waals surface area contributed by atoms with Crippen LogP contribution in [0.5, 0.6) is 11.5 Å². The van der Waals surface area contributed by atoms with Crippen LogP contribution in [-0.2, 0) is 10.2 Å². The summed E-state index contributed by atoms with van der Waals surface area (Å²) in [5.41, 5.74) is 3.35. The van der Waals surface area contributed by atoms with E-state index in [2.05, 4.69) is 50.2 Å². The first-order valence-electron chi connectivity index (χ1n) is 13.1. The number of benzene rings is 2. The maximum absolute atomic E-state index is 5.95. The van der Waals surface area contributed by atoms with Crippen LogP contribution in [0.4, 0.5) is 0 Å². The van der Waals surface area contributed by atoms with Gasteiger partial charge in [0, 0.05) is 0 Å². The summed E-state index contributed by atoms with van der Waals surface area (Å²) < 4.78 is 17.7. The van der Waals surface area contributed by atoms with E-state index >= 15 is 0 Å². The average molecular weight is 449 g/mol. The molecule has 0 amide bonds. The Bertz CT molecular complexity index is 866. The highest BCUT2D eigenvalue weighted by molar-refractivity contribution is 5.34. The molecular formula is C30H40O3. The lowest BCUT2D eigenvalue weighted by atomic mass is 9.48. The second kappa shape index (κ2) is 9.70. The number of hydrogen-bond acceptors (Lipinski definition) is 3. The first kappa shape index (κ1) is 22.8. The van der Waals surface area contributed by atoms with Crippen molar-refractivity contribution in [3.8, 4) is 11.5 Å². The topological polar surface area (TPSA) is 27.7 Å². The van der Waals surface area contributed by atoms with E-state index in [1.165, 1.54) is 44.1 Å². The first-order chi connectivity index (χ1) is 16.0. The lowest BCUT2D eigenvalue weighted by Gasteiger charge is -2.57. The van der Waals surface area contributed by atoms with Crippen LogP contribution in [0.1, 0.15) is 82.8 Å². The van der Waals surface area contributed by atoms with E-state index in [0.717, 1.165) is 35.7 Å². The summed E-state index contributed by atoms with van der Waals surface area (Å²) in [6, 6.07) is 17.3. The second-order valence-electron chi connectivity index (χ2n) is 11.0. The fraction of sp³-hybridized carbons (Fsp3) is 0.600. The Labute approximate surface area is 199 Å². The van der Waals surface area contributed by atoms with E-state index in [4.69, 9.17) is 14.2 Å². The minimum atomic E-state index is -0.304. The molecule has 2 atom stereocenters. The molecule has 0 aromatic heterocycles. The fourth-order valence-corrected chi connectivity index (χ4v) is 7.08. The van der Waals surface area contributed by atoms with Gasteiger partial charge in [0.05, 0.1) is 6.61 Å². The fourth-order valence-electron chi connectivity index (χ4n) is 7.08. The van der Waals surface area contributed by atoms with E-state index < -0.39 is 0 Å². The minimum absolute atomic E-state index is 0.304. The van der Waals surface area contributed by atoms with Crippen LogP contribution in [0.15, 0.2) is 48.5 Å². The van der Waals surface area contributed by atoms with Crippen molar-refractivity contribution in [3.63, 3.8) is 0 Å². The Morgan fingerprint density at radius 1 is 0.788 bits per heavy atom. The van der Waals surface area contributed by atoms with Gasteiger partial charge in [-0.25, -0.2) is 0 Å². The maximum Gasteiger partial charge on any atom is 0.197 e. The van der Waals surface area contributed by atoms with Gasteiger partial charge in [-0.15, -0.1) is 0 Å². The average Bonchev–Trinajstić information content (AvgIpc) is 2.81. The zero-order valence-electron chi connectivity index (χ0n) is 20.6. The largest absolute Gasteiger partial charge is 0.491 e. The molecule has 3 heteroatoms. The number of rotatable bonds is 10. The van der Waals surface area contributed by atoms with E-state index in [1.54, 1.807) is 5.56 Å². The van der Waals surface area contributed by atoms with E-state index in [-0.39, 0.29) is 6.29 Å². The molecule has 0 N–H and O–H groups in total. The molecule has 33 heavy (non-hydrogen) atoms. The highest BCUT2D eigenvalue weighted by Crippen LogP contribution is 2.60. The number of ether oxygens (including phenoxy) is 3. The van der Waals surface area contributed by atoms with Gasteiger partial charge in [0.15, 0.2) is 6.29 Å². The molecule has 178 valence electrons. The molecule has 4 bridgehead atoms. The van der Waals surface area contributed by atoms with Gasteiger partial charge < -0.3 is 14.2 Å². The van der Waals surface area contributed by atoms with Gasteiger partial charge in [-0.1, -0.05) is 38.1 Å². The van der Waals surface area contributed by atoms with Crippen LogP contribution in [-0.4, -0.2) is 19.5 Å². The van der Waals surface area contributed by atoms with Crippen LogP contribution in [0.3, 0.4) is 0 Å². The van der Waals surface area contributed by atoms with Gasteiger partial charge in [0.1, 0.15) is 18.1 Å². The Balaban J connectivity index is 1.06. The van der Waals surface area contributed by atoms with Crippen molar-refractivity contribution in [2.24, 2.45) is 17.8 Å². The second-order valence-corrected chi connectivity index (χ2v) is 11.0. The summed E-state index contributed by atoms with van der Waals surface area (Å²) in [4.78, 5) is 0. The SMILES string of the molecule is CCC(C)c1ccc(OC(C)OCCOc2ccc(C34CC5CC(CC(C5)C3)C4)cc2)cc1. The Morgan fingerprint density at radius 3 is 1.94 bits per heavy atom. The Kier molecular flexibility index (Phi) is 6.69. The van der Waals surface area contributed by atoms with Crippen LogP contribution in [0.25, 0.3) is 0 Å². The van der Waals surface area contributed by atoms with Crippen molar-refractivity contribution in [2.45, 2.75) is 83.3 Å². The lowest BCUT2D eigenvalue weighted by Crippen LogP contribution is -2.48. The molecule has 4 fully saturated rings. The van der Waals surface area contributed by atoms with Crippen molar-refractivity contribution < 1.29 is 14.2 Å². The number of hydrogen-bond donors (Lipinski definition) is 0. The summed E-state index contributed by atoms with van der Waals surface area (Å²) >= 11 is 0. The smallest absolute Gasteiger partial charge is 0.197 e. The quantitative estimate of drug-likeness (QED) is 0.278. The molecule has 0 saturated heterocycles. The van der Waals surface area contributed by atoms with Crippen LogP contribution >= 0.6 is 0 Å². The van der Waals surface area contributed by atoms with Gasteiger partial charge >= 0.3 is 0 Å². The molecule has 0 radical (unpaired) electrons. The van der Waals surface area contributed by atoms with Crippen LogP contribution in [0.2, 0.25) is 0 Å². The van der Waals surface area contributed by atoms with Crippen molar-refractivity contribution in [2.75, 3.05) is 13.2 Å². The predicted octanol–water partition coefficient (Wildman–Crippen LogP) is 7.49. The summed E-state index contributed by atoms with van der Waals surface area (Å²) in [5, 5.41) is 0. The lowest BCUT2D eigenvalue weighted by molar-refractivity contribution is -0.0739. The van der Waals surface area contributed by atoms with Crippen molar-refractivity contribution in [1.82, 2.24) is 0 Å². The third-order valence-electron chi connectivity index (χ3n) is 8.57. The Hall–Kier alpha value is -2.00. The Morgan fingerprint density at radius 2 is 1.36 bits per heavy atom. The molecule has 2 aromatic rings. The highest BCUT2D eigenvalue weighted by Gasteiger charge is 2.51. The maximum atomic E-state index is 5.95. The van der Waals surface area contributed by atoms with Gasteiger partial charge in [0.25, 0.3) is 0 Å². The molecule has 0 heterocycles.